The molecule has 1 aromatic rings. The van der Waals surface area contributed by atoms with E-state index >= 15 is 0 Å². The van der Waals surface area contributed by atoms with E-state index in [1.807, 2.05) is 0 Å². The maximum Gasteiger partial charge on any atom is 0.306 e. The number of carbonyl (C=O) groups excluding carboxylic acids is 5. The Labute approximate surface area is 393 Å². The highest BCUT2D eigenvalue weighted by Crippen LogP contribution is 2.19. The Bertz CT molecular complexity index is 1490. The molecule has 1 aromatic heterocycles. The van der Waals surface area contributed by atoms with E-state index < -0.39 is 23.4 Å². The molecule has 0 aliphatic rings. The fourth-order valence-corrected chi connectivity index (χ4v) is 6.85. The second-order valence-corrected chi connectivity index (χ2v) is 17.1. The highest BCUT2D eigenvalue weighted by atomic mass is 16.5. The van der Waals surface area contributed by atoms with Gasteiger partial charge in [-0.2, -0.15) is 0 Å². The minimum atomic E-state index is -1.22. The van der Waals surface area contributed by atoms with Gasteiger partial charge in [-0.25, -0.2) is 4.98 Å². The molecule has 0 radical (unpaired) electrons. The Kier molecular flexibility index (Phi) is 35.8. The number of Topliss-reactive ketones (excluding diaryl/α,β-unsaturated/α-hetero) is 1. The molecule has 0 saturated heterocycles. The molecule has 0 aliphatic carbocycles. The number of hydrogen-bond donors (Lipinski definition) is 7. The number of ether oxygens (including phenoxy) is 4. The molecule has 0 bridgehead atoms. The number of rotatable bonds is 46. The lowest BCUT2D eigenvalue weighted by Gasteiger charge is -2.26. The molecule has 0 aromatic carbocycles. The van der Waals surface area contributed by atoms with Crippen LogP contribution in [0.15, 0.2) is 12.5 Å². The van der Waals surface area contributed by atoms with Gasteiger partial charge in [-0.1, -0.05) is 83.5 Å². The summed E-state index contributed by atoms with van der Waals surface area (Å²) < 4.78 is 21.5. The number of carboxylic acid groups (broad SMARTS) is 2. The number of ketones is 1. The highest BCUT2D eigenvalue weighted by Gasteiger charge is 2.33. The molecule has 66 heavy (non-hydrogen) atoms. The van der Waals surface area contributed by atoms with Crippen LogP contribution < -0.4 is 21.3 Å². The molecule has 0 fully saturated rings. The number of unbranched alkanes of at least 4 members (excludes halogenated alkanes) is 14. The van der Waals surface area contributed by atoms with Crippen molar-refractivity contribution in [2.45, 2.75) is 161 Å². The molecule has 19 nitrogen and oxygen atoms in total. The SMILES string of the molecule is CC(C)(NC(=O)CCc1cnc[nH]1)C(=O)C[C@@H](CCCCNC(=O)COCCOCCNC(=O)COCCOCCNC(=O)CCCCCCCCCCCCCCCCC(=O)O)C(=O)O.[HH]. The summed E-state index contributed by atoms with van der Waals surface area (Å²) in [5.74, 6) is -3.98. The van der Waals surface area contributed by atoms with Crippen molar-refractivity contribution in [3.05, 3.63) is 18.2 Å². The number of carboxylic acids is 2. The number of hydrogen-bond acceptors (Lipinski definition) is 12. The van der Waals surface area contributed by atoms with Crippen LogP contribution >= 0.6 is 0 Å². The second-order valence-electron chi connectivity index (χ2n) is 17.1. The van der Waals surface area contributed by atoms with Gasteiger partial charge in [0.15, 0.2) is 5.78 Å². The number of nitrogens with zero attached hydrogens (tertiary/aromatic N) is 1. The summed E-state index contributed by atoms with van der Waals surface area (Å²) in [5, 5.41) is 29.3. The number of nitrogens with one attached hydrogen (secondary N) is 5. The third kappa shape index (κ3) is 35.8. The smallest absolute Gasteiger partial charge is 0.306 e. The molecule has 1 atom stereocenters. The van der Waals surface area contributed by atoms with Crippen molar-refractivity contribution >= 4 is 41.4 Å². The lowest BCUT2D eigenvalue weighted by molar-refractivity contribution is -0.145. The minimum Gasteiger partial charge on any atom is -0.481 e. The summed E-state index contributed by atoms with van der Waals surface area (Å²) in [6.07, 6.45) is 21.6. The van der Waals surface area contributed by atoms with Crippen LogP contribution in [0.1, 0.15) is 156 Å². The number of aryl methyl sites for hydroxylation is 1. The van der Waals surface area contributed by atoms with Crippen molar-refractivity contribution in [3.8, 4) is 0 Å². The van der Waals surface area contributed by atoms with Crippen LogP contribution in [0.2, 0.25) is 0 Å². The zero-order chi connectivity index (χ0) is 48.5. The first kappa shape index (κ1) is 59.6. The van der Waals surface area contributed by atoms with Crippen LogP contribution in [-0.4, -0.2) is 140 Å². The first-order chi connectivity index (χ1) is 31.8. The van der Waals surface area contributed by atoms with E-state index in [9.17, 15) is 38.7 Å². The summed E-state index contributed by atoms with van der Waals surface area (Å²) >= 11 is 0. The molecular weight excluding hydrogens is 857 g/mol. The molecule has 1 heterocycles. The Balaban J connectivity index is 0.0000436. The van der Waals surface area contributed by atoms with Crippen LogP contribution in [0.4, 0.5) is 0 Å². The third-order valence-electron chi connectivity index (χ3n) is 10.8. The van der Waals surface area contributed by atoms with Crippen molar-refractivity contribution < 1.29 is 64.1 Å². The van der Waals surface area contributed by atoms with Crippen LogP contribution in [0.5, 0.6) is 0 Å². The average molecular weight is 941 g/mol. The first-order valence-electron chi connectivity index (χ1n) is 24.2. The van der Waals surface area contributed by atoms with Crippen LogP contribution in [-0.2, 0) is 58.9 Å². The fourth-order valence-electron chi connectivity index (χ4n) is 6.85. The Morgan fingerprint density at radius 2 is 1.08 bits per heavy atom. The minimum absolute atomic E-state index is 0. The molecule has 0 spiro atoms. The number of aromatic amines is 1. The molecule has 7 N–H and O–H groups in total. The van der Waals surface area contributed by atoms with Gasteiger partial charge in [-0.3, -0.25) is 33.6 Å². The molecule has 380 valence electrons. The Hall–Kier alpha value is -4.46. The van der Waals surface area contributed by atoms with E-state index in [0.717, 1.165) is 44.2 Å². The number of aromatic nitrogens is 2. The third-order valence-corrected chi connectivity index (χ3v) is 10.8. The van der Waals surface area contributed by atoms with Gasteiger partial charge >= 0.3 is 11.9 Å². The topological polar surface area (TPSA) is 274 Å². The van der Waals surface area contributed by atoms with Gasteiger partial charge in [0.25, 0.3) is 0 Å². The summed E-state index contributed by atoms with van der Waals surface area (Å²) in [5.41, 5.74) is -0.423. The van der Waals surface area contributed by atoms with Gasteiger partial charge in [0.05, 0.1) is 57.4 Å². The summed E-state index contributed by atoms with van der Waals surface area (Å²) in [4.78, 5) is 90.5. The normalized spacial score (nSPS) is 11.8. The zero-order valence-electron chi connectivity index (χ0n) is 39.9. The highest BCUT2D eigenvalue weighted by molar-refractivity contribution is 5.94. The lowest BCUT2D eigenvalue weighted by atomic mass is 9.88. The summed E-state index contributed by atoms with van der Waals surface area (Å²) in [7, 11) is 0. The van der Waals surface area contributed by atoms with E-state index in [2.05, 4.69) is 31.2 Å². The Morgan fingerprint density at radius 3 is 1.58 bits per heavy atom. The van der Waals surface area contributed by atoms with Gasteiger partial charge in [0, 0.05) is 58.6 Å². The van der Waals surface area contributed by atoms with Crippen molar-refractivity contribution in [1.82, 2.24) is 31.2 Å². The summed E-state index contributed by atoms with van der Waals surface area (Å²) in [6, 6.07) is 0. The monoisotopic (exact) mass is 941 g/mol. The first-order valence-corrected chi connectivity index (χ1v) is 24.2. The maximum atomic E-state index is 12.9. The molecule has 0 unspecified atom stereocenters. The molecule has 19 heteroatoms. The van der Waals surface area contributed by atoms with Crippen LogP contribution in [0.3, 0.4) is 0 Å². The number of imidazole rings is 1. The number of carbonyl (C=O) groups is 7. The van der Waals surface area contributed by atoms with Crippen molar-refractivity contribution in [2.75, 3.05) is 72.5 Å². The van der Waals surface area contributed by atoms with E-state index in [-0.39, 0.29) is 103 Å². The van der Waals surface area contributed by atoms with E-state index in [1.54, 1.807) is 20.0 Å². The van der Waals surface area contributed by atoms with Crippen molar-refractivity contribution in [1.29, 1.82) is 0 Å². The van der Waals surface area contributed by atoms with Crippen LogP contribution in [0.25, 0.3) is 0 Å². The summed E-state index contributed by atoms with van der Waals surface area (Å²) in [6.45, 7) is 5.41. The predicted octanol–water partition coefficient (Wildman–Crippen LogP) is 5.05. The molecule has 0 saturated carbocycles. The van der Waals surface area contributed by atoms with Gasteiger partial charge in [0.1, 0.15) is 13.2 Å². The van der Waals surface area contributed by atoms with E-state index in [0.29, 0.717) is 52.0 Å². The standard InChI is InChI=1S/C47H82N6O13.H2/c1-47(2,53-42(56)23-22-39-34-48-37-52-39)40(54)33-38(46(61)62)19-17-18-24-49-43(57)35-65-31-30-64-28-26-51-44(58)36-66-32-29-63-27-25-50-41(55)20-15-13-11-9-7-5-3-4-6-8-10-12-14-16-21-45(59)60;/h34,37-38H,3-33,35-36H2,1-2H3,(H,48,52)(H,49,57)(H,50,55)(H,51,58)(H,53,56)(H,59,60)(H,61,62);1H/t38-;/m1./s1. The molecule has 1 rings (SSSR count). The number of H-pyrrole nitrogens is 1. The fraction of sp³-hybridized carbons (Fsp3) is 0.787. The van der Waals surface area contributed by atoms with Crippen LogP contribution in [0, 0.1) is 5.92 Å². The zero-order valence-corrected chi connectivity index (χ0v) is 39.9. The van der Waals surface area contributed by atoms with E-state index in [1.165, 1.54) is 57.7 Å². The number of aliphatic carboxylic acids is 2. The Morgan fingerprint density at radius 1 is 0.591 bits per heavy atom. The van der Waals surface area contributed by atoms with Crippen molar-refractivity contribution in [3.63, 3.8) is 0 Å². The second kappa shape index (κ2) is 39.7. The predicted molar refractivity (Wildman–Crippen MR) is 250 cm³/mol. The quantitative estimate of drug-likeness (QED) is 0.0422. The average Bonchev–Trinajstić information content (AvgIpc) is 3.80. The van der Waals surface area contributed by atoms with Crippen molar-refractivity contribution in [2.24, 2.45) is 5.92 Å². The van der Waals surface area contributed by atoms with Gasteiger partial charge in [-0.05, 0) is 46.0 Å². The van der Waals surface area contributed by atoms with Gasteiger partial charge in [-0.15, -0.1) is 0 Å². The molecule has 4 amide bonds. The van der Waals surface area contributed by atoms with Gasteiger partial charge in [0.2, 0.25) is 23.6 Å². The van der Waals surface area contributed by atoms with E-state index in [4.69, 9.17) is 24.1 Å². The molecular formula is C47H84N6O13. The lowest BCUT2D eigenvalue weighted by Crippen LogP contribution is -2.50. The maximum absolute atomic E-state index is 12.9. The number of amides is 4. The largest absolute Gasteiger partial charge is 0.481 e. The molecule has 0 aliphatic heterocycles. The van der Waals surface area contributed by atoms with Gasteiger partial charge < -0.3 is 55.4 Å².